The molecule has 1 aromatic carbocycles. The molecular formula is C25H23F3N6O. The third-order valence-electron chi connectivity index (χ3n) is 6.19. The Labute approximate surface area is 199 Å². The molecule has 0 saturated carbocycles. The normalized spacial score (nSPS) is 15.5. The number of nitrogens with one attached hydrogen (secondary N) is 1. The van der Waals surface area contributed by atoms with Gasteiger partial charge >= 0.3 is 0 Å². The summed E-state index contributed by atoms with van der Waals surface area (Å²) in [6.07, 6.45) is 0.651. The number of aryl methyl sites for hydroxylation is 2. The fraction of sp³-hybridized carbons (Fsp3) is 0.280. The molecule has 4 heterocycles. The third-order valence-corrected chi connectivity index (χ3v) is 6.19. The van der Waals surface area contributed by atoms with E-state index in [9.17, 15) is 18.0 Å². The van der Waals surface area contributed by atoms with Crippen LogP contribution in [0.25, 0.3) is 11.6 Å². The van der Waals surface area contributed by atoms with Crippen molar-refractivity contribution < 1.29 is 13.2 Å². The first-order chi connectivity index (χ1) is 16.7. The number of hydrogen-bond acceptors (Lipinski definition) is 6. The van der Waals surface area contributed by atoms with Gasteiger partial charge in [0.2, 0.25) is 0 Å². The fourth-order valence-corrected chi connectivity index (χ4v) is 4.39. The number of fused-ring (bicyclic) bond motifs is 3. The van der Waals surface area contributed by atoms with E-state index in [0.29, 0.717) is 41.7 Å². The molecule has 2 aliphatic heterocycles. The monoisotopic (exact) mass is 480 g/mol. The topological polar surface area (TPSA) is 75.4 Å². The van der Waals surface area contributed by atoms with E-state index in [1.165, 1.54) is 16.7 Å². The molecule has 10 heteroatoms. The van der Waals surface area contributed by atoms with E-state index >= 15 is 0 Å². The summed E-state index contributed by atoms with van der Waals surface area (Å²) in [5.41, 5.74) is 1.44. The maximum absolute atomic E-state index is 14.8. The Morgan fingerprint density at radius 1 is 1.14 bits per heavy atom. The van der Waals surface area contributed by atoms with E-state index in [-0.39, 0.29) is 11.1 Å². The number of aliphatic imine (C=N–C) groups is 1. The van der Waals surface area contributed by atoms with E-state index in [0.717, 1.165) is 17.5 Å². The van der Waals surface area contributed by atoms with Gasteiger partial charge in [-0.05, 0) is 31.6 Å². The van der Waals surface area contributed by atoms with Gasteiger partial charge in [-0.3, -0.25) is 9.79 Å². The van der Waals surface area contributed by atoms with Crippen molar-refractivity contribution in [1.82, 2.24) is 14.5 Å². The van der Waals surface area contributed by atoms with Crippen LogP contribution in [0.1, 0.15) is 47.5 Å². The van der Waals surface area contributed by atoms with Crippen LogP contribution in [0.5, 0.6) is 0 Å². The molecule has 2 aromatic heterocycles. The summed E-state index contributed by atoms with van der Waals surface area (Å²) in [6.45, 7) is 4.63. The Hall–Kier alpha value is -3.95. The van der Waals surface area contributed by atoms with E-state index in [4.69, 9.17) is 0 Å². The molecule has 1 N–H and O–H groups in total. The summed E-state index contributed by atoms with van der Waals surface area (Å²) in [4.78, 5) is 28.1. The fourth-order valence-electron chi connectivity index (χ4n) is 4.39. The van der Waals surface area contributed by atoms with Gasteiger partial charge in [0.1, 0.15) is 29.1 Å². The van der Waals surface area contributed by atoms with Gasteiger partial charge in [-0.25, -0.2) is 23.1 Å². The van der Waals surface area contributed by atoms with Crippen molar-refractivity contribution in [2.75, 3.05) is 23.3 Å². The maximum Gasteiger partial charge on any atom is 0.266 e. The van der Waals surface area contributed by atoms with Crippen molar-refractivity contribution >= 4 is 29.1 Å². The van der Waals surface area contributed by atoms with E-state index in [1.54, 1.807) is 33.2 Å². The van der Waals surface area contributed by atoms with Crippen LogP contribution in [-0.2, 0) is 7.05 Å². The molecule has 0 fully saturated rings. The highest BCUT2D eigenvalue weighted by molar-refractivity contribution is 6.36. The first-order valence-electron chi connectivity index (χ1n) is 11.2. The molecule has 35 heavy (non-hydrogen) atoms. The molecule has 1 atom stereocenters. The molecule has 0 spiro atoms. The van der Waals surface area contributed by atoms with Gasteiger partial charge in [0.25, 0.3) is 12.0 Å². The second-order valence-corrected chi connectivity index (χ2v) is 8.55. The number of alkyl halides is 2. The van der Waals surface area contributed by atoms with Gasteiger partial charge in [0, 0.05) is 37.0 Å². The number of hydrogen-bond donors (Lipinski definition) is 1. The predicted octanol–water partition coefficient (Wildman–Crippen LogP) is 4.51. The van der Waals surface area contributed by atoms with Crippen LogP contribution in [0.2, 0.25) is 0 Å². The van der Waals surface area contributed by atoms with Crippen molar-refractivity contribution in [1.29, 1.82) is 0 Å². The van der Waals surface area contributed by atoms with Gasteiger partial charge in [0.05, 0.1) is 23.7 Å². The van der Waals surface area contributed by atoms with Crippen molar-refractivity contribution in [3.05, 3.63) is 80.8 Å². The highest BCUT2D eigenvalue weighted by Crippen LogP contribution is 2.39. The van der Waals surface area contributed by atoms with Crippen molar-refractivity contribution in [3.63, 3.8) is 0 Å². The molecule has 0 unspecified atom stereocenters. The van der Waals surface area contributed by atoms with Crippen LogP contribution in [0.3, 0.4) is 0 Å². The van der Waals surface area contributed by atoms with Crippen LogP contribution < -0.4 is 15.8 Å². The minimum absolute atomic E-state index is 0.114. The standard InChI is InChI=1S/C25H23F3N6O/c1-13(16-5-4-6-17(21(16)26)22(27)28)30-23-19-12-18(15-7-9-33(3)20(35)11-15)24-29-8-10-34(24)25(19)32-14(2)31-23/h4-7,9,11-13,22H,8,10H2,1-3H3,(H,30,31,32)/t13-/m1/s1. The SMILES string of the molecule is Cc1nc(N[C@H](C)c2cccc(C(F)F)c2F)c2c(n1)N1CCN=C1C(c1ccn(C)c(=O)c1)=C2. The van der Waals surface area contributed by atoms with E-state index in [2.05, 4.69) is 20.3 Å². The lowest BCUT2D eigenvalue weighted by atomic mass is 9.98. The third kappa shape index (κ3) is 3.98. The molecule has 0 amide bonds. The zero-order chi connectivity index (χ0) is 24.9. The van der Waals surface area contributed by atoms with Crippen LogP contribution >= 0.6 is 0 Å². The van der Waals surface area contributed by atoms with Crippen LogP contribution in [0.4, 0.5) is 24.8 Å². The number of rotatable bonds is 5. The minimum atomic E-state index is -2.91. The van der Waals surface area contributed by atoms with Crippen LogP contribution in [0, 0.1) is 12.7 Å². The molecule has 2 aliphatic rings. The summed E-state index contributed by atoms with van der Waals surface area (Å²) in [7, 11) is 1.68. The van der Waals surface area contributed by atoms with Gasteiger partial charge in [-0.2, -0.15) is 0 Å². The Morgan fingerprint density at radius 3 is 2.66 bits per heavy atom. The van der Waals surface area contributed by atoms with Gasteiger partial charge in [0.15, 0.2) is 0 Å². The molecule has 0 radical (unpaired) electrons. The summed E-state index contributed by atoms with van der Waals surface area (Å²) in [6, 6.07) is 6.71. The Kier molecular flexibility index (Phi) is 5.66. The zero-order valence-corrected chi connectivity index (χ0v) is 19.4. The van der Waals surface area contributed by atoms with Crippen molar-refractivity contribution in [2.24, 2.45) is 12.0 Å². The minimum Gasteiger partial charge on any atom is -0.363 e. The van der Waals surface area contributed by atoms with E-state index < -0.39 is 23.8 Å². The summed E-state index contributed by atoms with van der Waals surface area (Å²) in [5.74, 6) is 1.37. The maximum atomic E-state index is 14.8. The molecular weight excluding hydrogens is 457 g/mol. The lowest BCUT2D eigenvalue weighted by Crippen LogP contribution is -2.33. The molecule has 0 bridgehead atoms. The van der Waals surface area contributed by atoms with Gasteiger partial charge in [-0.15, -0.1) is 0 Å². The molecule has 0 saturated heterocycles. The predicted molar refractivity (Wildman–Crippen MR) is 129 cm³/mol. The molecule has 5 rings (SSSR count). The number of amidine groups is 1. The van der Waals surface area contributed by atoms with E-state index in [1.807, 2.05) is 17.0 Å². The number of nitrogens with zero attached hydrogens (tertiary/aromatic N) is 5. The first kappa shape index (κ1) is 22.8. The number of benzene rings is 1. The van der Waals surface area contributed by atoms with Crippen molar-refractivity contribution in [3.8, 4) is 0 Å². The second kappa shape index (κ2) is 8.68. The smallest absolute Gasteiger partial charge is 0.266 e. The number of pyridine rings is 1. The number of anilines is 2. The molecule has 7 nitrogen and oxygen atoms in total. The highest BCUT2D eigenvalue weighted by atomic mass is 19.3. The average Bonchev–Trinajstić information content (AvgIpc) is 3.31. The van der Waals surface area contributed by atoms with Gasteiger partial charge < -0.3 is 14.8 Å². The zero-order valence-electron chi connectivity index (χ0n) is 19.4. The summed E-state index contributed by atoms with van der Waals surface area (Å²) >= 11 is 0. The average molecular weight is 480 g/mol. The highest BCUT2D eigenvalue weighted by Gasteiger charge is 2.32. The molecule has 0 aliphatic carbocycles. The number of aromatic nitrogens is 3. The summed E-state index contributed by atoms with van der Waals surface area (Å²) < 4.78 is 42.7. The largest absolute Gasteiger partial charge is 0.363 e. The quantitative estimate of drug-likeness (QED) is 0.582. The first-order valence-corrected chi connectivity index (χ1v) is 11.2. The molecule has 180 valence electrons. The van der Waals surface area contributed by atoms with Crippen LogP contribution in [0.15, 0.2) is 46.3 Å². The Bertz CT molecular complexity index is 1450. The van der Waals surface area contributed by atoms with Gasteiger partial charge in [-0.1, -0.05) is 18.2 Å². The lowest BCUT2D eigenvalue weighted by Gasteiger charge is -2.29. The number of halogens is 3. The van der Waals surface area contributed by atoms with Crippen LogP contribution in [-0.4, -0.2) is 33.5 Å². The Morgan fingerprint density at radius 2 is 1.91 bits per heavy atom. The van der Waals surface area contributed by atoms with Crippen molar-refractivity contribution in [2.45, 2.75) is 26.3 Å². The summed E-state index contributed by atoms with van der Waals surface area (Å²) in [5, 5.41) is 3.19. The second-order valence-electron chi connectivity index (χ2n) is 8.55. The molecule has 3 aromatic rings. The lowest BCUT2D eigenvalue weighted by molar-refractivity contribution is 0.146. The Balaban J connectivity index is 1.61.